The van der Waals surface area contributed by atoms with Crippen LogP contribution in [0.15, 0.2) is 67.1 Å². The number of anilines is 1. The van der Waals surface area contributed by atoms with E-state index < -0.39 is 0 Å². The van der Waals surface area contributed by atoms with Crippen molar-refractivity contribution in [3.05, 3.63) is 72.7 Å². The number of amides is 2. The van der Waals surface area contributed by atoms with Gasteiger partial charge < -0.3 is 25.7 Å². The number of hydrogen-bond donors (Lipinski definition) is 3. The van der Waals surface area contributed by atoms with Crippen molar-refractivity contribution in [1.82, 2.24) is 25.2 Å². The molecule has 2 heterocycles. The average molecular weight is 564 g/mol. The van der Waals surface area contributed by atoms with Crippen LogP contribution in [0, 0.1) is 0 Å². The first-order valence-corrected chi connectivity index (χ1v) is 13.7. The van der Waals surface area contributed by atoms with Crippen LogP contribution in [0.2, 0.25) is 0 Å². The smallest absolute Gasteiger partial charge is 0.315 e. The quantitative estimate of drug-likeness (QED) is 0.248. The van der Waals surface area contributed by atoms with E-state index in [0.29, 0.717) is 19.0 Å². The van der Waals surface area contributed by atoms with Crippen LogP contribution < -0.4 is 21.1 Å². The number of alkyl halides is 1. The second-order valence-electron chi connectivity index (χ2n) is 9.30. The predicted octanol–water partition coefficient (Wildman–Crippen LogP) is 5.44. The van der Waals surface area contributed by atoms with Gasteiger partial charge in [-0.15, -0.1) is 0 Å². The SMILES string of the molecule is Nc1ncnc2c1c(-c1cccc(OCc3ccccc3)c1)cn2[C@H]1CC[C@@H](NC(=O)NCCBr)CC1. The summed E-state index contributed by atoms with van der Waals surface area (Å²) in [6, 6.07) is 18.5. The number of nitrogens with zero attached hydrogens (tertiary/aromatic N) is 3. The molecule has 9 heteroatoms. The molecule has 0 atom stereocenters. The van der Waals surface area contributed by atoms with Crippen LogP contribution in [-0.2, 0) is 6.61 Å². The Kier molecular flexibility index (Phi) is 7.89. The number of hydrogen-bond acceptors (Lipinski definition) is 5. The third-order valence-corrected chi connectivity index (χ3v) is 7.23. The number of nitrogens with one attached hydrogen (secondary N) is 2. The number of rotatable bonds is 8. The number of aromatic nitrogens is 3. The zero-order valence-electron chi connectivity index (χ0n) is 20.6. The Balaban J connectivity index is 1.36. The van der Waals surface area contributed by atoms with Gasteiger partial charge in [-0.25, -0.2) is 14.8 Å². The Morgan fingerprint density at radius 3 is 2.68 bits per heavy atom. The minimum absolute atomic E-state index is 0.105. The van der Waals surface area contributed by atoms with Crippen molar-refractivity contribution >= 4 is 38.8 Å². The summed E-state index contributed by atoms with van der Waals surface area (Å²) < 4.78 is 8.31. The first-order chi connectivity index (χ1) is 18.1. The van der Waals surface area contributed by atoms with Gasteiger partial charge in [0.2, 0.25) is 0 Å². The zero-order chi connectivity index (χ0) is 25.6. The number of carbonyl (C=O) groups excluding carboxylic acids is 1. The maximum atomic E-state index is 12.1. The molecular formula is C28H31BrN6O2. The van der Waals surface area contributed by atoms with Gasteiger partial charge in [0.25, 0.3) is 0 Å². The van der Waals surface area contributed by atoms with Crippen LogP contribution in [0.3, 0.4) is 0 Å². The maximum Gasteiger partial charge on any atom is 0.315 e. The molecule has 1 aliphatic carbocycles. The van der Waals surface area contributed by atoms with Crippen LogP contribution >= 0.6 is 15.9 Å². The highest BCUT2D eigenvalue weighted by Gasteiger charge is 2.26. The lowest BCUT2D eigenvalue weighted by molar-refractivity contribution is 0.228. The molecule has 0 bridgehead atoms. The molecule has 2 aromatic heterocycles. The first-order valence-electron chi connectivity index (χ1n) is 12.6. The Morgan fingerprint density at radius 1 is 1.08 bits per heavy atom. The fraction of sp³-hybridized carbons (Fsp3) is 0.321. The zero-order valence-corrected chi connectivity index (χ0v) is 22.2. The van der Waals surface area contributed by atoms with Gasteiger partial charge in [-0.1, -0.05) is 58.4 Å². The Labute approximate surface area is 224 Å². The molecule has 0 spiro atoms. The summed E-state index contributed by atoms with van der Waals surface area (Å²) in [5.41, 5.74) is 10.3. The van der Waals surface area contributed by atoms with Crippen molar-refractivity contribution in [1.29, 1.82) is 0 Å². The van der Waals surface area contributed by atoms with Crippen molar-refractivity contribution in [2.45, 2.75) is 44.4 Å². The van der Waals surface area contributed by atoms with Gasteiger partial charge in [0, 0.05) is 35.7 Å². The molecule has 2 aromatic carbocycles. The highest BCUT2D eigenvalue weighted by atomic mass is 79.9. The number of carbonyl (C=O) groups is 1. The minimum atomic E-state index is -0.105. The molecule has 5 rings (SSSR count). The van der Waals surface area contributed by atoms with Gasteiger partial charge in [-0.3, -0.25) is 0 Å². The number of urea groups is 1. The van der Waals surface area contributed by atoms with Crippen LogP contribution in [0.1, 0.15) is 37.3 Å². The Hall–Kier alpha value is -3.59. The third-order valence-electron chi connectivity index (χ3n) is 6.84. The lowest BCUT2D eigenvalue weighted by atomic mass is 9.91. The summed E-state index contributed by atoms with van der Waals surface area (Å²) in [4.78, 5) is 21.0. The van der Waals surface area contributed by atoms with Gasteiger partial charge in [-0.05, 0) is 48.9 Å². The van der Waals surface area contributed by atoms with Crippen LogP contribution in [0.5, 0.6) is 5.75 Å². The molecule has 37 heavy (non-hydrogen) atoms. The fourth-order valence-electron chi connectivity index (χ4n) is 5.00. The predicted molar refractivity (Wildman–Crippen MR) is 150 cm³/mol. The molecule has 0 aliphatic heterocycles. The van der Waals surface area contributed by atoms with E-state index in [1.807, 2.05) is 36.4 Å². The van der Waals surface area contributed by atoms with Crippen molar-refractivity contribution in [2.24, 2.45) is 0 Å². The van der Waals surface area contributed by atoms with Crippen molar-refractivity contribution in [2.75, 3.05) is 17.6 Å². The van der Waals surface area contributed by atoms with Crippen molar-refractivity contribution in [3.63, 3.8) is 0 Å². The summed E-state index contributed by atoms with van der Waals surface area (Å²) in [5, 5.41) is 7.55. The number of benzene rings is 2. The lowest BCUT2D eigenvalue weighted by Crippen LogP contribution is -2.44. The molecule has 192 valence electrons. The highest BCUT2D eigenvalue weighted by molar-refractivity contribution is 9.09. The van der Waals surface area contributed by atoms with Gasteiger partial charge in [0.1, 0.15) is 30.1 Å². The van der Waals surface area contributed by atoms with E-state index in [1.165, 1.54) is 6.33 Å². The Morgan fingerprint density at radius 2 is 1.89 bits per heavy atom. The van der Waals surface area contributed by atoms with Crippen LogP contribution in [0.4, 0.5) is 10.6 Å². The number of nitrogen functional groups attached to an aromatic ring is 1. The topological polar surface area (TPSA) is 107 Å². The van der Waals surface area contributed by atoms with Gasteiger partial charge in [0.15, 0.2) is 0 Å². The van der Waals surface area contributed by atoms with Gasteiger partial charge >= 0.3 is 6.03 Å². The molecule has 1 aliphatic rings. The van der Waals surface area contributed by atoms with Crippen molar-refractivity contribution < 1.29 is 9.53 Å². The Bertz CT molecular complexity index is 1350. The minimum Gasteiger partial charge on any atom is -0.489 e. The summed E-state index contributed by atoms with van der Waals surface area (Å²) in [6.07, 6.45) is 7.37. The van der Waals surface area contributed by atoms with E-state index in [4.69, 9.17) is 10.5 Å². The van der Waals surface area contributed by atoms with E-state index >= 15 is 0 Å². The van der Waals surface area contributed by atoms with E-state index in [2.05, 4.69) is 65.5 Å². The monoisotopic (exact) mass is 562 g/mol. The van der Waals surface area contributed by atoms with Gasteiger partial charge in [0.05, 0.1) is 5.39 Å². The first kappa shape index (κ1) is 25.1. The second kappa shape index (κ2) is 11.6. The van der Waals surface area contributed by atoms with E-state index in [9.17, 15) is 4.79 Å². The molecular weight excluding hydrogens is 532 g/mol. The average Bonchev–Trinajstić information content (AvgIpc) is 3.33. The van der Waals surface area contributed by atoms with Crippen LogP contribution in [0.25, 0.3) is 22.2 Å². The molecule has 1 saturated carbocycles. The molecule has 2 amide bonds. The molecule has 0 unspecified atom stereocenters. The second-order valence-corrected chi connectivity index (χ2v) is 10.1. The summed E-state index contributed by atoms with van der Waals surface area (Å²) in [6.45, 7) is 1.11. The summed E-state index contributed by atoms with van der Waals surface area (Å²) in [5.74, 6) is 1.26. The normalized spacial score (nSPS) is 17.4. The van der Waals surface area contributed by atoms with Crippen LogP contribution in [-0.4, -0.2) is 38.5 Å². The fourth-order valence-corrected chi connectivity index (χ4v) is 5.19. The van der Waals surface area contributed by atoms with Crippen molar-refractivity contribution in [3.8, 4) is 16.9 Å². The maximum absolute atomic E-state index is 12.1. The van der Waals surface area contributed by atoms with E-state index in [0.717, 1.165) is 64.5 Å². The number of fused-ring (bicyclic) bond motifs is 1. The molecule has 0 saturated heterocycles. The highest BCUT2D eigenvalue weighted by Crippen LogP contribution is 2.38. The standard InChI is InChI=1S/C28H31BrN6O2/c29-13-14-31-28(36)34-21-9-11-22(12-10-21)35-16-24(25-26(30)32-18-33-27(25)35)20-7-4-8-23(15-20)37-17-19-5-2-1-3-6-19/h1-8,15-16,18,21-22H,9-14,17H2,(H2,30,32,33)(H2,31,34,36)/t21-,22+. The lowest BCUT2D eigenvalue weighted by Gasteiger charge is -2.30. The van der Waals surface area contributed by atoms with Gasteiger partial charge in [-0.2, -0.15) is 0 Å². The molecule has 1 fully saturated rings. The molecule has 4 aromatic rings. The summed E-state index contributed by atoms with van der Waals surface area (Å²) in [7, 11) is 0. The molecule has 4 N–H and O–H groups in total. The largest absolute Gasteiger partial charge is 0.489 e. The number of halogens is 1. The molecule has 8 nitrogen and oxygen atoms in total. The molecule has 0 radical (unpaired) electrons. The number of ether oxygens (including phenoxy) is 1. The summed E-state index contributed by atoms with van der Waals surface area (Å²) >= 11 is 3.33. The van der Waals surface area contributed by atoms with E-state index in [1.54, 1.807) is 0 Å². The third kappa shape index (κ3) is 5.88. The number of nitrogens with two attached hydrogens (primary N) is 1. The van der Waals surface area contributed by atoms with E-state index in [-0.39, 0.29) is 18.1 Å².